The van der Waals surface area contributed by atoms with Crippen molar-refractivity contribution in [3.05, 3.63) is 84.6 Å². The van der Waals surface area contributed by atoms with E-state index >= 15 is 0 Å². The lowest BCUT2D eigenvalue weighted by Crippen LogP contribution is -2.44. The van der Waals surface area contributed by atoms with Gasteiger partial charge in [0.05, 0.1) is 5.52 Å². The SMILES string of the molecule is O=C(Nc1ccc2ncccc2c1)C1c2cccc(-c3cncnc3)c2CCN1C(=O)O. The van der Waals surface area contributed by atoms with Crippen molar-refractivity contribution in [2.24, 2.45) is 0 Å². The van der Waals surface area contributed by atoms with Gasteiger partial charge in [-0.3, -0.25) is 14.7 Å². The zero-order valence-electron chi connectivity index (χ0n) is 17.0. The van der Waals surface area contributed by atoms with E-state index in [1.54, 1.807) is 24.7 Å². The molecule has 1 unspecified atom stereocenters. The van der Waals surface area contributed by atoms with Crippen LogP contribution in [0.15, 0.2) is 73.4 Å². The highest BCUT2D eigenvalue weighted by Crippen LogP contribution is 2.36. The number of anilines is 1. The number of nitrogens with one attached hydrogen (secondary N) is 1. The van der Waals surface area contributed by atoms with Crippen molar-refractivity contribution in [1.29, 1.82) is 0 Å². The standard InChI is InChI=1S/C24H19N5O3/c30-23(28-17-6-7-21-15(11-17)3-2-9-27-21)22-20-5-1-4-18(16-12-25-14-26-13-16)19(20)8-10-29(22)24(31)32/h1-7,9,11-14,22H,8,10H2,(H,28,30)(H,31,32). The van der Waals surface area contributed by atoms with Crippen molar-refractivity contribution in [2.75, 3.05) is 11.9 Å². The summed E-state index contributed by atoms with van der Waals surface area (Å²) >= 11 is 0. The molecule has 1 aliphatic rings. The predicted molar refractivity (Wildman–Crippen MR) is 119 cm³/mol. The van der Waals surface area contributed by atoms with Gasteiger partial charge in [-0.2, -0.15) is 0 Å². The molecule has 0 saturated heterocycles. The molecule has 4 aromatic rings. The highest BCUT2D eigenvalue weighted by molar-refractivity contribution is 5.99. The van der Waals surface area contributed by atoms with E-state index in [-0.39, 0.29) is 6.54 Å². The van der Waals surface area contributed by atoms with E-state index in [2.05, 4.69) is 20.3 Å². The van der Waals surface area contributed by atoms with Gasteiger partial charge in [0.1, 0.15) is 12.4 Å². The van der Waals surface area contributed by atoms with Crippen LogP contribution in [0, 0.1) is 0 Å². The minimum absolute atomic E-state index is 0.215. The Morgan fingerprint density at radius 3 is 2.72 bits per heavy atom. The van der Waals surface area contributed by atoms with Crippen LogP contribution in [0.25, 0.3) is 22.0 Å². The van der Waals surface area contributed by atoms with Gasteiger partial charge in [-0.15, -0.1) is 0 Å². The first-order valence-electron chi connectivity index (χ1n) is 10.1. The van der Waals surface area contributed by atoms with Crippen molar-refractivity contribution in [2.45, 2.75) is 12.5 Å². The molecule has 8 heteroatoms. The first-order valence-corrected chi connectivity index (χ1v) is 10.1. The minimum atomic E-state index is -1.13. The van der Waals surface area contributed by atoms with Gasteiger partial charge < -0.3 is 10.4 Å². The highest BCUT2D eigenvalue weighted by Gasteiger charge is 2.37. The van der Waals surface area contributed by atoms with Crippen LogP contribution in [0.5, 0.6) is 0 Å². The smallest absolute Gasteiger partial charge is 0.408 e. The number of carboxylic acid groups (broad SMARTS) is 1. The number of fused-ring (bicyclic) bond motifs is 2. The van der Waals surface area contributed by atoms with Gasteiger partial charge in [-0.05, 0) is 47.4 Å². The van der Waals surface area contributed by atoms with Gasteiger partial charge in [0.25, 0.3) is 5.91 Å². The summed E-state index contributed by atoms with van der Waals surface area (Å²) in [6.07, 6.45) is 5.96. The lowest BCUT2D eigenvalue weighted by Gasteiger charge is -2.35. The maximum atomic E-state index is 13.4. The van der Waals surface area contributed by atoms with Crippen LogP contribution in [-0.4, -0.2) is 43.5 Å². The first-order chi connectivity index (χ1) is 15.6. The third-order valence-electron chi connectivity index (χ3n) is 5.66. The zero-order chi connectivity index (χ0) is 22.1. The predicted octanol–water partition coefficient (Wildman–Crippen LogP) is 3.91. The number of amides is 2. The Balaban J connectivity index is 1.54. The van der Waals surface area contributed by atoms with Crippen LogP contribution < -0.4 is 5.32 Å². The molecule has 2 amide bonds. The largest absolute Gasteiger partial charge is 0.465 e. The van der Waals surface area contributed by atoms with Crippen molar-refractivity contribution in [1.82, 2.24) is 19.9 Å². The van der Waals surface area contributed by atoms with Crippen molar-refractivity contribution in [3.8, 4) is 11.1 Å². The summed E-state index contributed by atoms with van der Waals surface area (Å²) < 4.78 is 0. The topological polar surface area (TPSA) is 108 Å². The number of benzene rings is 2. The summed E-state index contributed by atoms with van der Waals surface area (Å²) in [4.78, 5) is 39.0. The lowest BCUT2D eigenvalue weighted by molar-refractivity contribution is -0.121. The van der Waals surface area contributed by atoms with Gasteiger partial charge in [-0.1, -0.05) is 24.3 Å². The molecule has 2 aromatic carbocycles. The number of hydrogen-bond donors (Lipinski definition) is 2. The molecular weight excluding hydrogens is 406 g/mol. The van der Waals surface area contributed by atoms with E-state index in [1.807, 2.05) is 42.5 Å². The average Bonchev–Trinajstić information content (AvgIpc) is 2.83. The van der Waals surface area contributed by atoms with Gasteiger partial charge >= 0.3 is 6.09 Å². The van der Waals surface area contributed by atoms with Crippen molar-refractivity contribution < 1.29 is 14.7 Å². The van der Waals surface area contributed by atoms with E-state index in [1.165, 1.54) is 11.2 Å². The Hall–Kier alpha value is -4.33. The molecule has 0 bridgehead atoms. The number of carbonyl (C=O) groups excluding carboxylic acids is 1. The molecule has 158 valence electrons. The Morgan fingerprint density at radius 2 is 1.91 bits per heavy atom. The Bertz CT molecular complexity index is 1330. The number of pyridine rings is 1. The molecule has 0 saturated carbocycles. The van der Waals surface area contributed by atoms with Crippen LogP contribution in [0.1, 0.15) is 17.2 Å². The summed E-state index contributed by atoms with van der Waals surface area (Å²) in [6.45, 7) is 0.215. The number of hydrogen-bond acceptors (Lipinski definition) is 5. The van der Waals surface area contributed by atoms with Crippen molar-refractivity contribution in [3.63, 3.8) is 0 Å². The maximum absolute atomic E-state index is 13.4. The van der Waals surface area contributed by atoms with Crippen LogP contribution in [0.3, 0.4) is 0 Å². The third kappa shape index (κ3) is 3.51. The molecule has 0 spiro atoms. The molecule has 0 radical (unpaired) electrons. The normalized spacial score (nSPS) is 15.2. The zero-order valence-corrected chi connectivity index (χ0v) is 17.0. The summed E-state index contributed by atoms with van der Waals surface area (Å²) in [6, 6.07) is 13.8. The van der Waals surface area contributed by atoms with Crippen molar-refractivity contribution >= 4 is 28.6 Å². The van der Waals surface area contributed by atoms with Gasteiger partial charge in [0.2, 0.25) is 0 Å². The molecule has 0 fully saturated rings. The van der Waals surface area contributed by atoms with Crippen LogP contribution in [-0.2, 0) is 11.2 Å². The Morgan fingerprint density at radius 1 is 1.06 bits per heavy atom. The molecule has 3 heterocycles. The number of nitrogens with zero attached hydrogens (tertiary/aromatic N) is 4. The fourth-order valence-corrected chi connectivity index (χ4v) is 4.23. The van der Waals surface area contributed by atoms with Gasteiger partial charge in [-0.25, -0.2) is 14.8 Å². The molecule has 1 atom stereocenters. The van der Waals surface area contributed by atoms with E-state index in [0.717, 1.165) is 27.6 Å². The summed E-state index contributed by atoms with van der Waals surface area (Å²) in [5.74, 6) is -0.405. The summed E-state index contributed by atoms with van der Waals surface area (Å²) in [7, 11) is 0. The van der Waals surface area contributed by atoms with Gasteiger partial charge in [0.15, 0.2) is 0 Å². The average molecular weight is 425 g/mol. The Labute approximate surface area is 183 Å². The molecule has 2 N–H and O–H groups in total. The Kier molecular flexibility index (Phi) is 4.95. The number of rotatable bonds is 3. The second-order valence-corrected chi connectivity index (χ2v) is 7.53. The summed E-state index contributed by atoms with van der Waals surface area (Å²) in [5.41, 5.74) is 4.73. The van der Waals surface area contributed by atoms with E-state index in [4.69, 9.17) is 0 Å². The second kappa shape index (κ2) is 8.07. The fraction of sp³-hybridized carbons (Fsp3) is 0.125. The monoisotopic (exact) mass is 425 g/mol. The number of carbonyl (C=O) groups is 2. The molecule has 1 aliphatic heterocycles. The quantitative estimate of drug-likeness (QED) is 0.515. The highest BCUT2D eigenvalue weighted by atomic mass is 16.4. The molecule has 2 aromatic heterocycles. The molecular formula is C24H19N5O3. The van der Waals surface area contributed by atoms with Crippen LogP contribution in [0.4, 0.5) is 10.5 Å². The number of aromatic nitrogens is 3. The molecule has 32 heavy (non-hydrogen) atoms. The molecule has 8 nitrogen and oxygen atoms in total. The minimum Gasteiger partial charge on any atom is -0.465 e. The molecule has 0 aliphatic carbocycles. The second-order valence-electron chi connectivity index (χ2n) is 7.53. The van der Waals surface area contributed by atoms with Gasteiger partial charge in [0, 0.05) is 41.8 Å². The maximum Gasteiger partial charge on any atom is 0.408 e. The van der Waals surface area contributed by atoms with Crippen LogP contribution in [0.2, 0.25) is 0 Å². The van der Waals surface area contributed by atoms with E-state index < -0.39 is 18.0 Å². The van der Waals surface area contributed by atoms with E-state index in [0.29, 0.717) is 17.7 Å². The lowest BCUT2D eigenvalue weighted by atomic mass is 9.87. The fourth-order valence-electron chi connectivity index (χ4n) is 4.23. The molecule has 5 rings (SSSR count). The third-order valence-corrected chi connectivity index (χ3v) is 5.66. The first kappa shape index (κ1) is 19.6. The van der Waals surface area contributed by atoms with Crippen LogP contribution >= 0.6 is 0 Å². The van der Waals surface area contributed by atoms with E-state index in [9.17, 15) is 14.7 Å². The summed E-state index contributed by atoms with van der Waals surface area (Å²) in [5, 5.41) is 13.6.